The van der Waals surface area contributed by atoms with E-state index in [4.69, 9.17) is 10.8 Å². The van der Waals surface area contributed by atoms with Crippen LogP contribution in [0.2, 0.25) is 0 Å². The number of hydrogen-bond donors (Lipinski definition) is 2. The predicted octanol–water partition coefficient (Wildman–Crippen LogP) is 0.682. The van der Waals surface area contributed by atoms with E-state index in [1.165, 1.54) is 12.4 Å². The Morgan fingerprint density at radius 1 is 1.44 bits per heavy atom. The summed E-state index contributed by atoms with van der Waals surface area (Å²) in [5, 5.41) is 9.07. The topological polar surface area (TPSA) is 92.3 Å². The minimum atomic E-state index is -0.238. The fourth-order valence-electron chi connectivity index (χ4n) is 1.92. The third-order valence-corrected chi connectivity index (χ3v) is 2.86. The van der Waals surface area contributed by atoms with E-state index in [9.17, 15) is 4.79 Å². The summed E-state index contributed by atoms with van der Waals surface area (Å²) in [6.45, 7) is 4.24. The number of rotatable bonds is 6. The summed E-state index contributed by atoms with van der Waals surface area (Å²) in [6.07, 6.45) is 4.45. The summed E-state index contributed by atoms with van der Waals surface area (Å²) in [4.78, 5) is 21.8. The first-order chi connectivity index (χ1) is 8.63. The van der Waals surface area contributed by atoms with Crippen molar-refractivity contribution in [2.75, 3.05) is 18.9 Å². The molecule has 6 nitrogen and oxygen atoms in total. The van der Waals surface area contributed by atoms with Crippen molar-refractivity contribution >= 4 is 11.7 Å². The SMILES string of the molecule is CCC(CC)N(CCO)C(=O)c1cncc(N)n1. The number of aliphatic hydroxyl groups excluding tert-OH is 1. The lowest BCUT2D eigenvalue weighted by molar-refractivity contribution is 0.0616. The van der Waals surface area contributed by atoms with Crippen molar-refractivity contribution in [3.63, 3.8) is 0 Å². The van der Waals surface area contributed by atoms with Gasteiger partial charge < -0.3 is 15.7 Å². The van der Waals surface area contributed by atoms with Crippen LogP contribution in [-0.2, 0) is 0 Å². The zero-order chi connectivity index (χ0) is 13.5. The monoisotopic (exact) mass is 252 g/mol. The predicted molar refractivity (Wildman–Crippen MR) is 68.9 cm³/mol. The molecule has 0 spiro atoms. The summed E-state index contributed by atoms with van der Waals surface area (Å²) < 4.78 is 0. The number of nitrogen functional groups attached to an aromatic ring is 1. The highest BCUT2D eigenvalue weighted by molar-refractivity contribution is 5.92. The highest BCUT2D eigenvalue weighted by atomic mass is 16.3. The van der Waals surface area contributed by atoms with Crippen LogP contribution >= 0.6 is 0 Å². The number of amides is 1. The van der Waals surface area contributed by atoms with Gasteiger partial charge >= 0.3 is 0 Å². The quantitative estimate of drug-likeness (QED) is 0.776. The van der Waals surface area contributed by atoms with Crippen LogP contribution in [0.25, 0.3) is 0 Å². The Labute approximate surface area is 107 Å². The normalized spacial score (nSPS) is 10.7. The molecule has 0 aliphatic carbocycles. The van der Waals surface area contributed by atoms with Crippen LogP contribution in [0.3, 0.4) is 0 Å². The Bertz CT molecular complexity index is 393. The molecule has 0 radical (unpaired) electrons. The third-order valence-electron chi connectivity index (χ3n) is 2.86. The first kappa shape index (κ1) is 14.4. The van der Waals surface area contributed by atoms with Gasteiger partial charge in [-0.15, -0.1) is 0 Å². The molecule has 0 saturated carbocycles. The molecule has 0 unspecified atom stereocenters. The number of aliphatic hydroxyl groups is 1. The van der Waals surface area contributed by atoms with Crippen LogP contribution in [-0.4, -0.2) is 45.1 Å². The summed E-state index contributed by atoms with van der Waals surface area (Å²) >= 11 is 0. The van der Waals surface area contributed by atoms with Crippen molar-refractivity contribution in [3.05, 3.63) is 18.1 Å². The second-order valence-electron chi connectivity index (χ2n) is 4.02. The van der Waals surface area contributed by atoms with Crippen LogP contribution in [0.1, 0.15) is 37.2 Å². The van der Waals surface area contributed by atoms with E-state index in [0.29, 0.717) is 6.54 Å². The summed E-state index contributed by atoms with van der Waals surface area (Å²) in [7, 11) is 0. The van der Waals surface area contributed by atoms with Gasteiger partial charge in [-0.3, -0.25) is 9.78 Å². The molecule has 0 atom stereocenters. The van der Waals surface area contributed by atoms with Crippen molar-refractivity contribution < 1.29 is 9.90 Å². The Morgan fingerprint density at radius 2 is 2.11 bits per heavy atom. The van der Waals surface area contributed by atoms with Crippen molar-refractivity contribution in [1.29, 1.82) is 0 Å². The van der Waals surface area contributed by atoms with Gasteiger partial charge in [0.2, 0.25) is 0 Å². The van der Waals surface area contributed by atoms with Crippen LogP contribution in [0.5, 0.6) is 0 Å². The summed E-state index contributed by atoms with van der Waals surface area (Å²) in [6, 6.07) is 0.0906. The number of aromatic nitrogens is 2. The van der Waals surface area contributed by atoms with E-state index >= 15 is 0 Å². The first-order valence-electron chi connectivity index (χ1n) is 6.13. The second-order valence-corrected chi connectivity index (χ2v) is 4.02. The zero-order valence-electron chi connectivity index (χ0n) is 10.8. The van der Waals surface area contributed by atoms with E-state index in [0.717, 1.165) is 12.8 Å². The highest BCUT2D eigenvalue weighted by Gasteiger charge is 2.23. The maximum absolute atomic E-state index is 12.3. The lowest BCUT2D eigenvalue weighted by Crippen LogP contribution is -2.42. The van der Waals surface area contributed by atoms with Gasteiger partial charge in [-0.05, 0) is 12.8 Å². The Kier molecular flexibility index (Phi) is 5.51. The second kappa shape index (κ2) is 6.90. The molecule has 3 N–H and O–H groups in total. The van der Waals surface area contributed by atoms with Crippen LogP contribution in [0, 0.1) is 0 Å². The molecule has 0 aromatic carbocycles. The molecule has 0 bridgehead atoms. The molecule has 0 aliphatic rings. The zero-order valence-corrected chi connectivity index (χ0v) is 10.8. The number of hydrogen-bond acceptors (Lipinski definition) is 5. The minimum Gasteiger partial charge on any atom is -0.395 e. The van der Waals surface area contributed by atoms with Gasteiger partial charge in [-0.2, -0.15) is 0 Å². The molecule has 100 valence electrons. The van der Waals surface area contributed by atoms with Gasteiger partial charge in [0.15, 0.2) is 0 Å². The molecular weight excluding hydrogens is 232 g/mol. The molecule has 1 aromatic rings. The summed E-state index contributed by atoms with van der Waals surface area (Å²) in [5.74, 6) is -0.0214. The molecule has 0 saturated heterocycles. The smallest absolute Gasteiger partial charge is 0.274 e. The Balaban J connectivity index is 2.95. The van der Waals surface area contributed by atoms with Gasteiger partial charge in [0.1, 0.15) is 11.5 Å². The fraction of sp³-hybridized carbons (Fsp3) is 0.583. The number of nitrogens with zero attached hydrogens (tertiary/aromatic N) is 3. The molecule has 18 heavy (non-hydrogen) atoms. The van der Waals surface area contributed by atoms with Gasteiger partial charge in [0.05, 0.1) is 19.0 Å². The Morgan fingerprint density at radius 3 is 2.61 bits per heavy atom. The number of anilines is 1. The molecule has 1 amide bonds. The van der Waals surface area contributed by atoms with Crippen LogP contribution in [0.15, 0.2) is 12.4 Å². The molecular formula is C12H20N4O2. The van der Waals surface area contributed by atoms with Crippen molar-refractivity contribution in [2.24, 2.45) is 0 Å². The average Bonchev–Trinajstić information content (AvgIpc) is 2.38. The third kappa shape index (κ3) is 3.40. The standard InChI is InChI=1S/C12H20N4O2/c1-3-9(4-2)16(5-6-17)12(18)10-7-14-8-11(13)15-10/h7-9,17H,3-6H2,1-2H3,(H2,13,15). The fourth-order valence-corrected chi connectivity index (χ4v) is 1.92. The van der Waals surface area contributed by atoms with E-state index in [2.05, 4.69) is 9.97 Å². The lowest BCUT2D eigenvalue weighted by atomic mass is 10.1. The molecule has 6 heteroatoms. The van der Waals surface area contributed by atoms with E-state index in [1.54, 1.807) is 4.90 Å². The minimum absolute atomic E-state index is 0.0714. The van der Waals surface area contributed by atoms with E-state index in [1.807, 2.05) is 13.8 Å². The van der Waals surface area contributed by atoms with Gasteiger partial charge in [0, 0.05) is 12.6 Å². The number of carbonyl (C=O) groups excluding carboxylic acids is 1. The molecule has 0 aliphatic heterocycles. The van der Waals surface area contributed by atoms with E-state index < -0.39 is 0 Å². The van der Waals surface area contributed by atoms with E-state index in [-0.39, 0.29) is 30.1 Å². The molecule has 1 rings (SSSR count). The molecule has 1 aromatic heterocycles. The van der Waals surface area contributed by atoms with Gasteiger partial charge in [0.25, 0.3) is 5.91 Å². The number of carbonyl (C=O) groups is 1. The molecule has 0 fully saturated rings. The van der Waals surface area contributed by atoms with Gasteiger partial charge in [-0.25, -0.2) is 4.98 Å². The molecule has 1 heterocycles. The van der Waals surface area contributed by atoms with Gasteiger partial charge in [-0.1, -0.05) is 13.8 Å². The van der Waals surface area contributed by atoms with Crippen LogP contribution in [0.4, 0.5) is 5.82 Å². The maximum Gasteiger partial charge on any atom is 0.274 e. The number of nitrogens with two attached hydrogens (primary N) is 1. The van der Waals surface area contributed by atoms with Crippen molar-refractivity contribution in [3.8, 4) is 0 Å². The van der Waals surface area contributed by atoms with Crippen molar-refractivity contribution in [2.45, 2.75) is 32.7 Å². The van der Waals surface area contributed by atoms with Crippen molar-refractivity contribution in [1.82, 2.24) is 14.9 Å². The average molecular weight is 252 g/mol. The first-order valence-corrected chi connectivity index (χ1v) is 6.13. The highest BCUT2D eigenvalue weighted by Crippen LogP contribution is 2.12. The maximum atomic E-state index is 12.3. The lowest BCUT2D eigenvalue weighted by Gasteiger charge is -2.29. The Hall–Kier alpha value is -1.69. The largest absolute Gasteiger partial charge is 0.395 e. The summed E-state index contributed by atoms with van der Waals surface area (Å²) in [5.41, 5.74) is 5.74. The van der Waals surface area contributed by atoms with Crippen LogP contribution < -0.4 is 5.73 Å².